The van der Waals surface area contributed by atoms with E-state index in [1.165, 1.54) is 0 Å². The maximum absolute atomic E-state index is 14.6. The first kappa shape index (κ1) is 43.3. The van der Waals surface area contributed by atoms with Gasteiger partial charge in [0.2, 0.25) is 10.0 Å². The molecule has 6 atom stereocenters. The molecule has 0 spiro atoms. The van der Waals surface area contributed by atoms with Gasteiger partial charge in [0.25, 0.3) is 0 Å². The van der Waals surface area contributed by atoms with Crippen LogP contribution >= 0.6 is 0 Å². The molecule has 0 saturated carbocycles. The molecule has 286 valence electrons. The summed E-state index contributed by atoms with van der Waals surface area (Å²) in [6, 6.07) is 6.56. The first-order chi connectivity index (χ1) is 22.8. The number of hydrogen-bond donors (Lipinski definition) is 2. The predicted octanol–water partition coefficient (Wildman–Crippen LogP) is 10.6. The predicted molar refractivity (Wildman–Crippen MR) is 216 cm³/mol. The summed E-state index contributed by atoms with van der Waals surface area (Å²) in [6.45, 7) is 33.9. The lowest BCUT2D eigenvalue weighted by Crippen LogP contribution is -2.72. The molecule has 1 aromatic carbocycles. The summed E-state index contributed by atoms with van der Waals surface area (Å²) in [5.74, 6) is -0.175. The highest BCUT2D eigenvalue weighted by Gasteiger charge is 2.68. The lowest BCUT2D eigenvalue weighted by molar-refractivity contribution is -0.133. The zero-order valence-electron chi connectivity index (χ0n) is 34.4. The second-order valence-electron chi connectivity index (χ2n) is 18.7. The number of hydrogen-bond acceptors (Lipinski definition) is 5. The fourth-order valence-corrected chi connectivity index (χ4v) is 11.2. The van der Waals surface area contributed by atoms with E-state index >= 15 is 0 Å². The summed E-state index contributed by atoms with van der Waals surface area (Å²) in [4.78, 5) is 0.256. The standard InChI is InChI=1S/C41H73NO5SSi2/c1-16-18-20-33-26-32(5)41(29-47-50(14,15)39(9,10)11)37(43)34(21-19-17-2)27-31(4)40(41,28-46-49(12,13)38(6,7)8)36(33)42-48(44,45)35-24-22-30(3)23-25-35/h22-27,33-34,36-37,42-43H,16-21,28-29H2,1-15H3/t33-,34-,36-,37-,40-,41-/m1/s1. The molecule has 0 bridgehead atoms. The van der Waals surface area contributed by atoms with Crippen LogP contribution in [0.25, 0.3) is 0 Å². The van der Waals surface area contributed by atoms with E-state index in [0.717, 1.165) is 55.2 Å². The topological polar surface area (TPSA) is 84.9 Å². The summed E-state index contributed by atoms with van der Waals surface area (Å²) in [6.07, 6.45) is 9.51. The second kappa shape index (κ2) is 15.7. The van der Waals surface area contributed by atoms with Gasteiger partial charge in [0.1, 0.15) is 0 Å². The highest BCUT2D eigenvalue weighted by Crippen LogP contribution is 2.64. The van der Waals surface area contributed by atoms with Gasteiger partial charge in [-0.15, -0.1) is 0 Å². The monoisotopic (exact) mass is 747 g/mol. The molecule has 0 aliphatic heterocycles. The Balaban J connectivity index is 2.47. The van der Waals surface area contributed by atoms with Crippen LogP contribution in [0, 0.1) is 29.6 Å². The molecule has 0 unspecified atom stereocenters. The number of sulfonamides is 1. The Kier molecular flexibility index (Phi) is 13.6. The van der Waals surface area contributed by atoms with E-state index in [9.17, 15) is 13.5 Å². The molecule has 3 rings (SSSR count). The highest BCUT2D eigenvalue weighted by molar-refractivity contribution is 7.89. The molecule has 0 saturated heterocycles. The Hall–Kier alpha value is -1.08. The van der Waals surface area contributed by atoms with E-state index in [1.807, 2.05) is 19.1 Å². The Labute approximate surface area is 309 Å². The number of unbranched alkanes of at least 4 members (excludes halogenated alkanes) is 2. The highest BCUT2D eigenvalue weighted by atomic mass is 32.2. The van der Waals surface area contributed by atoms with E-state index < -0.39 is 49.6 Å². The fraction of sp³-hybridized carbons (Fsp3) is 0.756. The summed E-state index contributed by atoms with van der Waals surface area (Å²) in [7, 11) is -8.61. The second-order valence-corrected chi connectivity index (χ2v) is 30.0. The number of nitrogens with one attached hydrogen (secondary N) is 1. The van der Waals surface area contributed by atoms with Gasteiger partial charge in [-0.05, 0) is 87.9 Å². The number of fused-ring (bicyclic) bond motifs is 1. The number of aryl methyl sites for hydroxylation is 1. The van der Waals surface area contributed by atoms with E-state index in [2.05, 4.69) is 112 Å². The van der Waals surface area contributed by atoms with Gasteiger partial charge in [0.05, 0.1) is 16.4 Å². The molecule has 2 aliphatic rings. The van der Waals surface area contributed by atoms with Crippen molar-refractivity contribution in [2.45, 2.75) is 168 Å². The Morgan fingerprint density at radius 2 is 1.16 bits per heavy atom. The molecular formula is C41H73NO5SSi2. The zero-order valence-corrected chi connectivity index (χ0v) is 37.2. The maximum atomic E-state index is 14.6. The van der Waals surface area contributed by atoms with Crippen molar-refractivity contribution in [3.05, 3.63) is 53.1 Å². The minimum atomic E-state index is -3.95. The van der Waals surface area contributed by atoms with E-state index in [4.69, 9.17) is 8.85 Å². The van der Waals surface area contributed by atoms with Crippen molar-refractivity contribution < 1.29 is 22.4 Å². The average Bonchev–Trinajstić information content (AvgIpc) is 2.99. The van der Waals surface area contributed by atoms with Crippen molar-refractivity contribution in [2.24, 2.45) is 22.7 Å². The van der Waals surface area contributed by atoms with Gasteiger partial charge in [0.15, 0.2) is 16.6 Å². The van der Waals surface area contributed by atoms with Crippen molar-refractivity contribution in [3.63, 3.8) is 0 Å². The van der Waals surface area contributed by atoms with Crippen LogP contribution < -0.4 is 4.72 Å². The van der Waals surface area contributed by atoms with Crippen LogP contribution in [0.5, 0.6) is 0 Å². The molecule has 0 amide bonds. The van der Waals surface area contributed by atoms with Crippen molar-refractivity contribution >= 4 is 26.7 Å². The van der Waals surface area contributed by atoms with Crippen molar-refractivity contribution in [2.75, 3.05) is 13.2 Å². The molecule has 0 aromatic heterocycles. The third kappa shape index (κ3) is 8.34. The maximum Gasteiger partial charge on any atom is 0.240 e. The largest absolute Gasteiger partial charge is 0.416 e. The van der Waals surface area contributed by atoms with Crippen molar-refractivity contribution in [1.29, 1.82) is 0 Å². The summed E-state index contributed by atoms with van der Waals surface area (Å²) >= 11 is 0. The quantitative estimate of drug-likeness (QED) is 0.138. The summed E-state index contributed by atoms with van der Waals surface area (Å²) in [5.41, 5.74) is 1.40. The number of rotatable bonds is 15. The smallest absolute Gasteiger partial charge is 0.240 e. The molecule has 2 aliphatic carbocycles. The first-order valence-corrected chi connectivity index (χ1v) is 26.6. The van der Waals surface area contributed by atoms with Crippen molar-refractivity contribution in [3.8, 4) is 0 Å². The van der Waals surface area contributed by atoms with Crippen LogP contribution in [-0.4, -0.2) is 55.5 Å². The normalized spacial score (nSPS) is 28.2. The van der Waals surface area contributed by atoms with Gasteiger partial charge in [-0.3, -0.25) is 0 Å². The van der Waals surface area contributed by atoms with E-state index in [1.54, 1.807) is 12.1 Å². The molecule has 1 aromatic rings. The Morgan fingerprint density at radius 3 is 1.62 bits per heavy atom. The molecule has 6 nitrogen and oxygen atoms in total. The first-order valence-electron chi connectivity index (χ1n) is 19.3. The SMILES string of the molecule is CCCC[C@@H]1C=C(C)[C@]2(CO[Si](C)(C)C(C)(C)C)[C@H](NS(=O)(=O)c3ccc(C)cc3)[C@H](CCCC)C=C(C)[C@]2(CO[Si](C)(C)C(C)(C)C)[C@@H]1O. The molecule has 2 N–H and O–H groups in total. The minimum Gasteiger partial charge on any atom is -0.416 e. The lowest BCUT2D eigenvalue weighted by atomic mass is 9.44. The van der Waals surface area contributed by atoms with Crippen LogP contribution in [0.4, 0.5) is 0 Å². The van der Waals surface area contributed by atoms with Gasteiger partial charge < -0.3 is 14.0 Å². The number of benzene rings is 1. The summed E-state index contributed by atoms with van der Waals surface area (Å²) in [5, 5.41) is 12.9. The van der Waals surface area contributed by atoms with Crippen LogP contribution in [0.3, 0.4) is 0 Å². The molecule has 9 heteroatoms. The average molecular weight is 748 g/mol. The van der Waals surface area contributed by atoms with Gasteiger partial charge in [0, 0.05) is 30.6 Å². The van der Waals surface area contributed by atoms with Gasteiger partial charge >= 0.3 is 0 Å². The van der Waals surface area contributed by atoms with Gasteiger partial charge in [-0.2, -0.15) is 0 Å². The Bertz CT molecular complexity index is 1470. The molecular weight excluding hydrogens is 675 g/mol. The molecule has 50 heavy (non-hydrogen) atoms. The van der Waals surface area contributed by atoms with Crippen LogP contribution in [0.1, 0.15) is 113 Å². The van der Waals surface area contributed by atoms with Crippen LogP contribution in [0.2, 0.25) is 36.3 Å². The Morgan fingerprint density at radius 1 is 0.740 bits per heavy atom. The van der Waals surface area contributed by atoms with Crippen molar-refractivity contribution in [1.82, 2.24) is 4.72 Å². The number of aliphatic hydroxyl groups excluding tert-OH is 1. The molecule has 0 radical (unpaired) electrons. The third-order valence-electron chi connectivity index (χ3n) is 13.3. The molecule has 0 fully saturated rings. The van der Waals surface area contributed by atoms with Crippen LogP contribution in [0.15, 0.2) is 52.5 Å². The zero-order chi connectivity index (χ0) is 38.1. The van der Waals surface area contributed by atoms with Gasteiger partial charge in [-0.25, -0.2) is 13.1 Å². The molecule has 0 heterocycles. The van der Waals surface area contributed by atoms with E-state index in [-0.39, 0.29) is 26.8 Å². The number of aliphatic hydroxyl groups is 1. The fourth-order valence-electron chi connectivity index (χ4n) is 7.77. The minimum absolute atomic E-state index is 0.0432. The third-order valence-corrected chi connectivity index (χ3v) is 23.7. The van der Waals surface area contributed by atoms with Gasteiger partial charge in [-0.1, -0.05) is 122 Å². The lowest BCUT2D eigenvalue weighted by Gasteiger charge is -2.65. The van der Waals surface area contributed by atoms with Crippen LogP contribution in [-0.2, 0) is 18.9 Å². The van der Waals surface area contributed by atoms with E-state index in [0.29, 0.717) is 13.2 Å². The summed E-state index contributed by atoms with van der Waals surface area (Å²) < 4.78 is 47.0.